The standard InChI is InChI=1S/C18H20N4O/c1-3-13-7-4-5-9-15(13)21-17(23)11-22-12(2)20-18-14(19)8-6-10-16(18)22/h4-10H,3,11,19H2,1-2H3,(H,21,23). The number of aryl methyl sites for hydroxylation is 2. The number of carbonyl (C=O) groups is 1. The highest BCUT2D eigenvalue weighted by molar-refractivity contribution is 5.93. The molecule has 5 heteroatoms. The van der Waals surface area contributed by atoms with E-state index in [0.29, 0.717) is 5.69 Å². The summed E-state index contributed by atoms with van der Waals surface area (Å²) in [6.07, 6.45) is 0.875. The zero-order valence-corrected chi connectivity index (χ0v) is 13.3. The highest BCUT2D eigenvalue weighted by atomic mass is 16.1. The molecular weight excluding hydrogens is 288 g/mol. The molecule has 0 aliphatic heterocycles. The van der Waals surface area contributed by atoms with Crippen molar-refractivity contribution in [1.82, 2.24) is 9.55 Å². The van der Waals surface area contributed by atoms with Crippen LogP contribution in [0, 0.1) is 6.92 Å². The molecule has 0 aliphatic carbocycles. The Labute approximate surface area is 135 Å². The first-order valence-corrected chi connectivity index (χ1v) is 7.69. The Balaban J connectivity index is 1.86. The largest absolute Gasteiger partial charge is 0.397 e. The van der Waals surface area contributed by atoms with Crippen molar-refractivity contribution in [3.05, 3.63) is 53.9 Å². The van der Waals surface area contributed by atoms with Gasteiger partial charge in [0.25, 0.3) is 0 Å². The second kappa shape index (κ2) is 6.12. The van der Waals surface area contributed by atoms with Crippen LogP contribution in [0.2, 0.25) is 0 Å². The van der Waals surface area contributed by atoms with Crippen molar-refractivity contribution in [3.8, 4) is 0 Å². The molecule has 3 N–H and O–H groups in total. The summed E-state index contributed by atoms with van der Waals surface area (Å²) >= 11 is 0. The minimum Gasteiger partial charge on any atom is -0.397 e. The maximum Gasteiger partial charge on any atom is 0.244 e. The lowest BCUT2D eigenvalue weighted by atomic mass is 10.1. The zero-order valence-electron chi connectivity index (χ0n) is 13.3. The molecule has 0 fully saturated rings. The molecule has 0 radical (unpaired) electrons. The first kappa shape index (κ1) is 15.1. The van der Waals surface area contributed by atoms with Crippen LogP contribution in [-0.4, -0.2) is 15.5 Å². The summed E-state index contributed by atoms with van der Waals surface area (Å²) in [5.74, 6) is 0.701. The fourth-order valence-electron chi connectivity index (χ4n) is 2.77. The average Bonchev–Trinajstić information content (AvgIpc) is 2.86. The Hall–Kier alpha value is -2.82. The molecule has 0 saturated carbocycles. The topological polar surface area (TPSA) is 72.9 Å². The smallest absolute Gasteiger partial charge is 0.244 e. The van der Waals surface area contributed by atoms with Crippen molar-refractivity contribution in [2.24, 2.45) is 0 Å². The second-order valence-electron chi connectivity index (χ2n) is 5.52. The fourth-order valence-corrected chi connectivity index (χ4v) is 2.77. The van der Waals surface area contributed by atoms with Gasteiger partial charge in [-0.25, -0.2) is 4.98 Å². The van der Waals surface area contributed by atoms with Gasteiger partial charge in [-0.1, -0.05) is 31.2 Å². The van der Waals surface area contributed by atoms with Crippen LogP contribution in [-0.2, 0) is 17.8 Å². The summed E-state index contributed by atoms with van der Waals surface area (Å²) in [7, 11) is 0. The number of nitrogens with zero attached hydrogens (tertiary/aromatic N) is 2. The van der Waals surface area contributed by atoms with Crippen molar-refractivity contribution >= 4 is 28.3 Å². The van der Waals surface area contributed by atoms with Gasteiger partial charge in [-0.15, -0.1) is 0 Å². The number of aromatic nitrogens is 2. The van der Waals surface area contributed by atoms with Gasteiger partial charge in [-0.05, 0) is 37.1 Å². The number of rotatable bonds is 4. The second-order valence-corrected chi connectivity index (χ2v) is 5.52. The third kappa shape index (κ3) is 2.90. The lowest BCUT2D eigenvalue weighted by Crippen LogP contribution is -2.20. The number of nitrogens with two attached hydrogens (primary N) is 1. The highest BCUT2D eigenvalue weighted by Crippen LogP contribution is 2.22. The first-order valence-electron chi connectivity index (χ1n) is 7.69. The molecule has 0 saturated heterocycles. The van der Waals surface area contributed by atoms with E-state index in [2.05, 4.69) is 17.2 Å². The van der Waals surface area contributed by atoms with Gasteiger partial charge in [0.1, 0.15) is 17.9 Å². The monoisotopic (exact) mass is 308 g/mol. The maximum atomic E-state index is 12.4. The van der Waals surface area contributed by atoms with E-state index >= 15 is 0 Å². The van der Waals surface area contributed by atoms with Gasteiger partial charge in [0, 0.05) is 5.69 Å². The molecule has 0 spiro atoms. The lowest BCUT2D eigenvalue weighted by Gasteiger charge is -2.11. The summed E-state index contributed by atoms with van der Waals surface area (Å²) in [6.45, 7) is 4.16. The molecule has 23 heavy (non-hydrogen) atoms. The zero-order chi connectivity index (χ0) is 16.4. The van der Waals surface area contributed by atoms with Gasteiger partial charge in [0.15, 0.2) is 0 Å². The van der Waals surface area contributed by atoms with E-state index < -0.39 is 0 Å². The van der Waals surface area contributed by atoms with Crippen molar-refractivity contribution in [3.63, 3.8) is 0 Å². The molecule has 1 heterocycles. The predicted octanol–water partition coefficient (Wildman–Crippen LogP) is 3.13. The minimum atomic E-state index is -0.0734. The molecule has 0 aliphatic rings. The number of carbonyl (C=O) groups excluding carboxylic acids is 1. The third-order valence-corrected chi connectivity index (χ3v) is 3.98. The number of hydrogen-bond acceptors (Lipinski definition) is 3. The number of nitrogen functional groups attached to an aromatic ring is 1. The van der Waals surface area contributed by atoms with Gasteiger partial charge >= 0.3 is 0 Å². The van der Waals surface area contributed by atoms with Crippen LogP contribution in [0.25, 0.3) is 11.0 Å². The van der Waals surface area contributed by atoms with E-state index in [1.165, 1.54) is 0 Å². The number of fused-ring (bicyclic) bond motifs is 1. The van der Waals surface area contributed by atoms with Crippen LogP contribution < -0.4 is 11.1 Å². The molecule has 3 aromatic rings. The van der Waals surface area contributed by atoms with E-state index in [0.717, 1.165) is 34.5 Å². The number of amides is 1. The maximum absolute atomic E-state index is 12.4. The van der Waals surface area contributed by atoms with Crippen LogP contribution in [0.5, 0.6) is 0 Å². The summed E-state index contributed by atoms with van der Waals surface area (Å²) in [5.41, 5.74) is 10.2. The van der Waals surface area contributed by atoms with Crippen LogP contribution in [0.4, 0.5) is 11.4 Å². The normalized spacial score (nSPS) is 10.9. The fraction of sp³-hybridized carbons (Fsp3) is 0.222. The number of hydrogen-bond donors (Lipinski definition) is 2. The summed E-state index contributed by atoms with van der Waals surface area (Å²) in [4.78, 5) is 16.9. The van der Waals surface area contributed by atoms with Gasteiger partial charge in [0.2, 0.25) is 5.91 Å². The number of nitrogens with one attached hydrogen (secondary N) is 1. The quantitative estimate of drug-likeness (QED) is 0.727. The van der Waals surface area contributed by atoms with E-state index in [-0.39, 0.29) is 12.5 Å². The van der Waals surface area contributed by atoms with Gasteiger partial charge in [0.05, 0.1) is 11.2 Å². The molecule has 0 atom stereocenters. The Bertz CT molecular complexity index is 867. The van der Waals surface area contributed by atoms with Gasteiger partial charge < -0.3 is 15.6 Å². The number of benzene rings is 2. The van der Waals surface area contributed by atoms with Crippen LogP contribution in [0.15, 0.2) is 42.5 Å². The SMILES string of the molecule is CCc1ccccc1NC(=O)Cn1c(C)nc2c(N)cccc21. The van der Waals surface area contributed by atoms with Gasteiger partial charge in [-0.3, -0.25) is 4.79 Å². The van der Waals surface area contributed by atoms with Gasteiger partial charge in [-0.2, -0.15) is 0 Å². The van der Waals surface area contributed by atoms with E-state index in [1.54, 1.807) is 0 Å². The Morgan fingerprint density at radius 3 is 2.78 bits per heavy atom. The molecule has 5 nitrogen and oxygen atoms in total. The van der Waals surface area contributed by atoms with Crippen molar-refractivity contribution < 1.29 is 4.79 Å². The summed E-state index contributed by atoms with van der Waals surface area (Å²) in [5, 5.41) is 2.99. The molecule has 1 aromatic heterocycles. The van der Waals surface area contributed by atoms with Crippen molar-refractivity contribution in [2.45, 2.75) is 26.8 Å². The Morgan fingerprint density at radius 1 is 1.22 bits per heavy atom. The number of para-hydroxylation sites is 2. The molecule has 0 unspecified atom stereocenters. The minimum absolute atomic E-state index is 0.0734. The Morgan fingerprint density at radius 2 is 2.00 bits per heavy atom. The summed E-state index contributed by atoms with van der Waals surface area (Å²) in [6, 6.07) is 13.5. The number of imidazole rings is 1. The molecule has 1 amide bonds. The molecule has 3 rings (SSSR count). The first-order chi connectivity index (χ1) is 11.1. The third-order valence-electron chi connectivity index (χ3n) is 3.98. The predicted molar refractivity (Wildman–Crippen MR) is 93.3 cm³/mol. The number of anilines is 2. The van der Waals surface area contributed by atoms with Crippen LogP contribution in [0.1, 0.15) is 18.3 Å². The van der Waals surface area contributed by atoms with Crippen molar-refractivity contribution in [2.75, 3.05) is 11.1 Å². The van der Waals surface area contributed by atoms with E-state index in [4.69, 9.17) is 5.73 Å². The van der Waals surface area contributed by atoms with E-state index in [1.807, 2.05) is 54.0 Å². The lowest BCUT2D eigenvalue weighted by molar-refractivity contribution is -0.116. The molecule has 2 aromatic carbocycles. The van der Waals surface area contributed by atoms with Crippen LogP contribution in [0.3, 0.4) is 0 Å². The van der Waals surface area contributed by atoms with E-state index in [9.17, 15) is 4.79 Å². The highest BCUT2D eigenvalue weighted by Gasteiger charge is 2.13. The molecule has 0 bridgehead atoms. The molecular formula is C18H20N4O. The van der Waals surface area contributed by atoms with Crippen molar-refractivity contribution in [1.29, 1.82) is 0 Å². The van der Waals surface area contributed by atoms with Crippen LogP contribution >= 0.6 is 0 Å². The Kier molecular flexibility index (Phi) is 4.02. The summed E-state index contributed by atoms with van der Waals surface area (Å²) < 4.78 is 1.88. The molecule has 118 valence electrons. The average molecular weight is 308 g/mol.